The minimum absolute atomic E-state index is 0.0421. The van der Waals surface area contributed by atoms with Gasteiger partial charge in [-0.1, -0.05) is 36.4 Å². The van der Waals surface area contributed by atoms with Crippen molar-refractivity contribution in [3.8, 4) is 33.5 Å². The number of amides is 1. The third-order valence-electron chi connectivity index (χ3n) is 8.22. The summed E-state index contributed by atoms with van der Waals surface area (Å²) in [4.78, 5) is 17.9. The van der Waals surface area contributed by atoms with Crippen molar-refractivity contribution in [2.45, 2.75) is 25.3 Å². The summed E-state index contributed by atoms with van der Waals surface area (Å²) in [6.45, 7) is 5.00. The monoisotopic (exact) mass is 605 g/mol. The molecule has 0 bridgehead atoms. The molecular weight excluding hydrogens is 570 g/mol. The van der Waals surface area contributed by atoms with Crippen LogP contribution in [0.25, 0.3) is 27.4 Å². The van der Waals surface area contributed by atoms with Crippen molar-refractivity contribution in [3.63, 3.8) is 0 Å². The predicted molar refractivity (Wildman–Crippen MR) is 172 cm³/mol. The van der Waals surface area contributed by atoms with Crippen molar-refractivity contribution in [1.29, 1.82) is 5.26 Å². The molecule has 1 N–H and O–H groups in total. The van der Waals surface area contributed by atoms with E-state index in [1.807, 2.05) is 67.3 Å². The van der Waals surface area contributed by atoms with E-state index in [2.05, 4.69) is 45.7 Å². The van der Waals surface area contributed by atoms with Gasteiger partial charge in [0.15, 0.2) is 0 Å². The minimum atomic E-state index is -0.0705. The van der Waals surface area contributed by atoms with Gasteiger partial charge in [-0.3, -0.25) is 14.4 Å². The molecular formula is C34H35N7O2S. The lowest BCUT2D eigenvalue weighted by molar-refractivity contribution is -0.121. The van der Waals surface area contributed by atoms with Crippen LogP contribution in [0.4, 0.5) is 0 Å². The molecule has 1 aliphatic heterocycles. The van der Waals surface area contributed by atoms with Gasteiger partial charge in [0.1, 0.15) is 10.9 Å². The van der Waals surface area contributed by atoms with Crippen LogP contribution >= 0.6 is 11.3 Å². The van der Waals surface area contributed by atoms with Crippen LogP contribution in [-0.4, -0.2) is 69.8 Å². The van der Waals surface area contributed by atoms with Gasteiger partial charge in [-0.05, 0) is 53.9 Å². The number of nitrogens with one attached hydrogen (secondary N) is 1. The number of hydrogen-bond donors (Lipinski definition) is 1. The lowest BCUT2D eigenvalue weighted by atomic mass is 9.92. The first kappa shape index (κ1) is 29.5. The van der Waals surface area contributed by atoms with Gasteiger partial charge >= 0.3 is 0 Å². The molecule has 4 heterocycles. The van der Waals surface area contributed by atoms with E-state index in [4.69, 9.17) is 9.84 Å². The summed E-state index contributed by atoms with van der Waals surface area (Å²) in [5.41, 5.74) is 6.71. The van der Waals surface area contributed by atoms with Crippen molar-refractivity contribution in [1.82, 2.24) is 29.8 Å². The van der Waals surface area contributed by atoms with Gasteiger partial charge in [0.05, 0.1) is 36.3 Å². The highest BCUT2D eigenvalue weighted by atomic mass is 32.1. The Labute approximate surface area is 261 Å². The molecule has 0 radical (unpaired) electrons. The van der Waals surface area contributed by atoms with Crippen LogP contribution in [0.5, 0.6) is 0 Å². The smallest absolute Gasteiger partial charge is 0.226 e. The summed E-state index contributed by atoms with van der Waals surface area (Å²) in [5.74, 6) is 0.0665. The van der Waals surface area contributed by atoms with Crippen molar-refractivity contribution < 1.29 is 9.53 Å². The van der Waals surface area contributed by atoms with E-state index in [0.29, 0.717) is 11.5 Å². The molecule has 0 saturated carbocycles. The number of likely N-dealkylation sites (tertiary alicyclic amines) is 1. The molecule has 2 aromatic carbocycles. The summed E-state index contributed by atoms with van der Waals surface area (Å²) in [6.07, 6.45) is 3.94. The number of aryl methyl sites for hydroxylation is 1. The molecule has 3 aromatic heterocycles. The number of thiophene rings is 1. The second-order valence-corrected chi connectivity index (χ2v) is 12.3. The predicted octanol–water partition coefficient (Wildman–Crippen LogP) is 4.95. The first-order valence-electron chi connectivity index (χ1n) is 14.7. The average Bonchev–Trinajstić information content (AvgIpc) is 3.84. The number of benzene rings is 2. The van der Waals surface area contributed by atoms with Gasteiger partial charge in [-0.25, -0.2) is 4.68 Å². The van der Waals surface area contributed by atoms with Crippen LogP contribution in [-0.2, 0) is 23.0 Å². The highest BCUT2D eigenvalue weighted by molar-refractivity contribution is 7.16. The number of hydrogen-bond acceptors (Lipinski definition) is 7. The fourth-order valence-electron chi connectivity index (χ4n) is 6.00. The SMILES string of the molecule is COCCN1C[C@@H](NC(=O)Cc2c(C)c(-c3cnn(C)c3)nn2-c2ccccc2)[C@H](c2cccc(-c3ccc(C#N)s3)c2)C1. The van der Waals surface area contributed by atoms with Crippen molar-refractivity contribution >= 4 is 17.2 Å². The molecule has 2 atom stereocenters. The molecule has 10 heteroatoms. The highest BCUT2D eigenvalue weighted by Gasteiger charge is 2.35. The molecule has 1 fully saturated rings. The van der Waals surface area contributed by atoms with Gasteiger partial charge in [0.25, 0.3) is 0 Å². The average molecular weight is 606 g/mol. The van der Waals surface area contributed by atoms with Gasteiger partial charge in [-0.2, -0.15) is 15.5 Å². The van der Waals surface area contributed by atoms with Crippen LogP contribution < -0.4 is 5.32 Å². The summed E-state index contributed by atoms with van der Waals surface area (Å²) in [5, 5.41) is 22.0. The van der Waals surface area contributed by atoms with Crippen molar-refractivity contribution in [2.24, 2.45) is 7.05 Å². The molecule has 1 saturated heterocycles. The van der Waals surface area contributed by atoms with Gasteiger partial charge in [0.2, 0.25) is 5.91 Å². The molecule has 6 rings (SSSR count). The van der Waals surface area contributed by atoms with E-state index < -0.39 is 0 Å². The lowest BCUT2D eigenvalue weighted by Gasteiger charge is -2.21. The Bertz CT molecular complexity index is 1800. The number of nitrogens with zero attached hydrogens (tertiary/aromatic N) is 6. The first-order valence-corrected chi connectivity index (χ1v) is 15.5. The fraction of sp³-hybridized carbons (Fsp3) is 0.294. The van der Waals surface area contributed by atoms with E-state index in [0.717, 1.165) is 58.3 Å². The quantitative estimate of drug-likeness (QED) is 0.242. The van der Waals surface area contributed by atoms with E-state index in [-0.39, 0.29) is 24.3 Å². The van der Waals surface area contributed by atoms with Crippen LogP contribution in [0.3, 0.4) is 0 Å². The third kappa shape index (κ3) is 6.21. The zero-order valence-corrected chi connectivity index (χ0v) is 25.9. The Morgan fingerprint density at radius 1 is 1.11 bits per heavy atom. The molecule has 224 valence electrons. The molecule has 0 aliphatic carbocycles. The normalized spacial score (nSPS) is 16.7. The fourth-order valence-corrected chi connectivity index (χ4v) is 6.80. The van der Waals surface area contributed by atoms with Crippen molar-refractivity contribution in [3.05, 3.63) is 101 Å². The molecule has 1 aliphatic rings. The summed E-state index contributed by atoms with van der Waals surface area (Å²) < 4.78 is 9.01. The standard InChI is InChI=1S/C34H35N7O2S/c1-23-31(41(27-10-5-4-6-11-27)38-34(23)26-19-36-39(2)20-26)17-33(42)37-30-22-40(14-15-43-3)21-29(30)24-8-7-9-25(16-24)32-13-12-28(18-35)44-32/h4-13,16,19-20,29-30H,14-15,17,21-22H2,1-3H3,(H,37,42)/t29-,30+/m0/s1. The van der Waals surface area contributed by atoms with Crippen LogP contribution in [0, 0.1) is 18.3 Å². The number of carbonyl (C=O) groups excluding carboxylic acids is 1. The zero-order valence-electron chi connectivity index (χ0n) is 25.1. The summed E-state index contributed by atoms with van der Waals surface area (Å²) in [7, 11) is 3.60. The Kier molecular flexibility index (Phi) is 8.70. The Hall–Kier alpha value is -4.56. The maximum atomic E-state index is 13.8. The Morgan fingerprint density at radius 3 is 2.68 bits per heavy atom. The number of nitriles is 1. The molecule has 5 aromatic rings. The van der Waals surface area contributed by atoms with Gasteiger partial charge < -0.3 is 10.1 Å². The number of carbonyl (C=O) groups is 1. The molecule has 44 heavy (non-hydrogen) atoms. The summed E-state index contributed by atoms with van der Waals surface area (Å²) in [6, 6.07) is 24.4. The van der Waals surface area contributed by atoms with Gasteiger partial charge in [0, 0.05) is 62.4 Å². The largest absolute Gasteiger partial charge is 0.383 e. The van der Waals surface area contributed by atoms with E-state index >= 15 is 0 Å². The highest BCUT2D eigenvalue weighted by Crippen LogP contribution is 2.34. The summed E-state index contributed by atoms with van der Waals surface area (Å²) >= 11 is 1.49. The van der Waals surface area contributed by atoms with E-state index in [9.17, 15) is 10.1 Å². The third-order valence-corrected chi connectivity index (χ3v) is 9.26. The molecule has 1 amide bonds. The second-order valence-electron chi connectivity index (χ2n) is 11.2. The number of aromatic nitrogens is 4. The Morgan fingerprint density at radius 2 is 1.95 bits per heavy atom. The molecule has 0 spiro atoms. The number of methoxy groups -OCH3 is 1. The maximum absolute atomic E-state index is 13.8. The van der Waals surface area contributed by atoms with E-state index in [1.165, 1.54) is 16.9 Å². The maximum Gasteiger partial charge on any atom is 0.226 e. The lowest BCUT2D eigenvalue weighted by Crippen LogP contribution is -2.41. The minimum Gasteiger partial charge on any atom is -0.383 e. The van der Waals surface area contributed by atoms with Gasteiger partial charge in [-0.15, -0.1) is 11.3 Å². The molecule has 0 unspecified atom stereocenters. The topological polar surface area (TPSA) is 101 Å². The number of rotatable bonds is 10. The van der Waals surface area contributed by atoms with Crippen LogP contribution in [0.2, 0.25) is 0 Å². The Balaban J connectivity index is 1.27. The number of para-hydroxylation sites is 1. The van der Waals surface area contributed by atoms with Crippen LogP contribution in [0.15, 0.2) is 79.1 Å². The van der Waals surface area contributed by atoms with E-state index in [1.54, 1.807) is 18.0 Å². The first-order chi connectivity index (χ1) is 21.4. The molecule has 9 nitrogen and oxygen atoms in total. The number of ether oxygens (including phenoxy) is 1. The van der Waals surface area contributed by atoms with Crippen molar-refractivity contribution in [2.75, 3.05) is 33.4 Å². The van der Waals surface area contributed by atoms with Crippen LogP contribution in [0.1, 0.15) is 27.6 Å². The zero-order chi connectivity index (χ0) is 30.6. The second kappa shape index (κ2) is 13.0.